The van der Waals surface area contributed by atoms with Crippen molar-refractivity contribution in [3.63, 3.8) is 0 Å². The van der Waals surface area contributed by atoms with Crippen molar-refractivity contribution in [3.8, 4) is 0 Å². The van der Waals surface area contributed by atoms with Crippen LogP contribution >= 0.6 is 11.8 Å². The van der Waals surface area contributed by atoms with Crippen LogP contribution in [0.2, 0.25) is 0 Å². The molecule has 0 bridgehead atoms. The minimum atomic E-state index is -0.747. The van der Waals surface area contributed by atoms with E-state index in [0.717, 1.165) is 36.7 Å². The zero-order valence-electron chi connectivity index (χ0n) is 13.3. The van der Waals surface area contributed by atoms with Crippen molar-refractivity contribution in [1.82, 2.24) is 5.32 Å². The highest BCUT2D eigenvalue weighted by atomic mass is 32.2. The maximum absolute atomic E-state index is 10.5. The van der Waals surface area contributed by atoms with E-state index < -0.39 is 5.60 Å². The summed E-state index contributed by atoms with van der Waals surface area (Å²) < 4.78 is 0. The van der Waals surface area contributed by atoms with Crippen LogP contribution in [0.5, 0.6) is 0 Å². The standard InChI is InChI=1S/C17H29NOS/c1-5-18-12-11-17(4,19)15-6-8-16(9-7-15)20-13-10-14(2)3/h6-9,14,18-19H,5,10-13H2,1-4H3. The van der Waals surface area contributed by atoms with Crippen molar-refractivity contribution in [2.75, 3.05) is 18.8 Å². The molecule has 0 saturated carbocycles. The molecular formula is C17H29NOS. The lowest BCUT2D eigenvalue weighted by atomic mass is 9.93. The summed E-state index contributed by atoms with van der Waals surface area (Å²) in [5.74, 6) is 1.92. The molecule has 20 heavy (non-hydrogen) atoms. The van der Waals surface area contributed by atoms with E-state index in [1.807, 2.05) is 18.7 Å². The molecule has 1 atom stereocenters. The molecule has 2 nitrogen and oxygen atoms in total. The van der Waals surface area contributed by atoms with Crippen molar-refractivity contribution in [1.29, 1.82) is 0 Å². The molecule has 1 unspecified atom stereocenters. The minimum Gasteiger partial charge on any atom is -0.385 e. The highest BCUT2D eigenvalue weighted by Crippen LogP contribution is 2.27. The van der Waals surface area contributed by atoms with E-state index in [1.54, 1.807) is 0 Å². The van der Waals surface area contributed by atoms with E-state index in [9.17, 15) is 5.11 Å². The molecule has 0 fully saturated rings. The Balaban J connectivity index is 2.52. The molecule has 1 aromatic carbocycles. The molecule has 2 N–H and O–H groups in total. The molecule has 3 heteroatoms. The minimum absolute atomic E-state index is 0.737. The van der Waals surface area contributed by atoms with Gasteiger partial charge in [-0.25, -0.2) is 0 Å². The Morgan fingerprint density at radius 2 is 1.90 bits per heavy atom. The fourth-order valence-corrected chi connectivity index (χ4v) is 3.13. The Morgan fingerprint density at radius 3 is 2.45 bits per heavy atom. The molecule has 0 aliphatic carbocycles. The lowest BCUT2D eigenvalue weighted by Crippen LogP contribution is -2.27. The summed E-state index contributed by atoms with van der Waals surface area (Å²) in [5, 5.41) is 13.8. The van der Waals surface area contributed by atoms with Crippen molar-refractivity contribution in [3.05, 3.63) is 29.8 Å². The SMILES string of the molecule is CCNCCC(C)(O)c1ccc(SCCC(C)C)cc1. The van der Waals surface area contributed by atoms with E-state index in [0.29, 0.717) is 0 Å². The Labute approximate surface area is 128 Å². The molecule has 0 aromatic heterocycles. The van der Waals surface area contributed by atoms with Crippen molar-refractivity contribution in [2.45, 2.75) is 51.0 Å². The molecule has 0 aliphatic rings. The number of benzene rings is 1. The largest absolute Gasteiger partial charge is 0.385 e. The van der Waals surface area contributed by atoms with Gasteiger partial charge in [-0.15, -0.1) is 11.8 Å². The lowest BCUT2D eigenvalue weighted by molar-refractivity contribution is 0.0481. The summed E-state index contributed by atoms with van der Waals surface area (Å²) in [6.07, 6.45) is 1.98. The second kappa shape index (κ2) is 8.71. The highest BCUT2D eigenvalue weighted by Gasteiger charge is 2.22. The Hall–Kier alpha value is -0.510. The third-order valence-corrected chi connectivity index (χ3v) is 4.52. The van der Waals surface area contributed by atoms with Gasteiger partial charge in [0.15, 0.2) is 0 Å². The summed E-state index contributed by atoms with van der Waals surface area (Å²) in [7, 11) is 0. The van der Waals surface area contributed by atoms with Crippen LogP contribution in [-0.4, -0.2) is 23.9 Å². The van der Waals surface area contributed by atoms with Crippen molar-refractivity contribution >= 4 is 11.8 Å². The monoisotopic (exact) mass is 295 g/mol. The van der Waals surface area contributed by atoms with Gasteiger partial charge in [0, 0.05) is 4.90 Å². The van der Waals surface area contributed by atoms with E-state index in [1.165, 1.54) is 11.3 Å². The first-order valence-corrected chi connectivity index (χ1v) is 8.60. The molecule has 0 radical (unpaired) electrons. The van der Waals surface area contributed by atoms with Gasteiger partial charge in [-0.3, -0.25) is 0 Å². The first-order chi connectivity index (χ1) is 9.45. The fraction of sp³-hybridized carbons (Fsp3) is 0.647. The van der Waals surface area contributed by atoms with Crippen LogP contribution in [0.15, 0.2) is 29.2 Å². The molecule has 1 aromatic rings. The maximum Gasteiger partial charge on any atom is 0.0880 e. The lowest BCUT2D eigenvalue weighted by Gasteiger charge is -2.24. The summed E-state index contributed by atoms with van der Waals surface area (Å²) in [6, 6.07) is 8.37. The Kier molecular flexibility index (Phi) is 7.63. The quantitative estimate of drug-likeness (QED) is 0.533. The van der Waals surface area contributed by atoms with Crippen LogP contribution in [0, 0.1) is 5.92 Å². The molecule has 1 rings (SSSR count). The number of rotatable bonds is 9. The van der Waals surface area contributed by atoms with E-state index in [-0.39, 0.29) is 0 Å². The summed E-state index contributed by atoms with van der Waals surface area (Å²) in [5.41, 5.74) is 0.257. The third kappa shape index (κ3) is 6.29. The van der Waals surface area contributed by atoms with E-state index >= 15 is 0 Å². The molecule has 0 heterocycles. The smallest absolute Gasteiger partial charge is 0.0880 e. The number of hydrogen-bond acceptors (Lipinski definition) is 3. The predicted octanol–water partition coefficient (Wildman–Crippen LogP) is 4.03. The normalized spacial score (nSPS) is 14.5. The van der Waals surface area contributed by atoms with E-state index in [2.05, 4.69) is 50.4 Å². The average Bonchev–Trinajstić information content (AvgIpc) is 2.39. The fourth-order valence-electron chi connectivity index (χ4n) is 1.98. The molecule has 0 amide bonds. The molecule has 0 aliphatic heterocycles. The summed E-state index contributed by atoms with van der Waals surface area (Å²) >= 11 is 1.90. The van der Waals surface area contributed by atoms with Crippen molar-refractivity contribution < 1.29 is 5.11 Å². The molecule has 0 saturated heterocycles. The summed E-state index contributed by atoms with van der Waals surface area (Å²) in [6.45, 7) is 10.3. The van der Waals surface area contributed by atoms with Gasteiger partial charge in [0.2, 0.25) is 0 Å². The zero-order chi connectivity index (χ0) is 15.0. The molecule has 114 valence electrons. The predicted molar refractivity (Wildman–Crippen MR) is 89.4 cm³/mol. The van der Waals surface area contributed by atoms with Crippen LogP contribution in [0.25, 0.3) is 0 Å². The second-order valence-corrected chi connectivity index (χ2v) is 7.10. The van der Waals surface area contributed by atoms with Crippen LogP contribution in [0.3, 0.4) is 0 Å². The Morgan fingerprint density at radius 1 is 1.25 bits per heavy atom. The number of thioether (sulfide) groups is 1. The maximum atomic E-state index is 10.5. The summed E-state index contributed by atoms with van der Waals surface area (Å²) in [4.78, 5) is 1.29. The number of aliphatic hydroxyl groups is 1. The van der Waals surface area contributed by atoms with Crippen LogP contribution in [-0.2, 0) is 5.60 Å². The Bertz CT molecular complexity index is 373. The van der Waals surface area contributed by atoms with Crippen LogP contribution < -0.4 is 5.32 Å². The first-order valence-electron chi connectivity index (χ1n) is 7.62. The van der Waals surface area contributed by atoms with E-state index in [4.69, 9.17) is 0 Å². The van der Waals surface area contributed by atoms with Crippen LogP contribution in [0.4, 0.5) is 0 Å². The van der Waals surface area contributed by atoms with Gasteiger partial charge in [0.1, 0.15) is 0 Å². The van der Waals surface area contributed by atoms with Crippen LogP contribution in [0.1, 0.15) is 46.1 Å². The first kappa shape index (κ1) is 17.5. The van der Waals surface area contributed by atoms with Gasteiger partial charge in [0.05, 0.1) is 5.60 Å². The zero-order valence-corrected chi connectivity index (χ0v) is 14.1. The van der Waals surface area contributed by atoms with Gasteiger partial charge < -0.3 is 10.4 Å². The highest BCUT2D eigenvalue weighted by molar-refractivity contribution is 7.99. The molecule has 0 spiro atoms. The van der Waals surface area contributed by atoms with Gasteiger partial charge in [-0.05, 0) is 62.2 Å². The van der Waals surface area contributed by atoms with Gasteiger partial charge in [-0.2, -0.15) is 0 Å². The van der Waals surface area contributed by atoms with Crippen molar-refractivity contribution in [2.24, 2.45) is 5.92 Å². The third-order valence-electron chi connectivity index (χ3n) is 3.48. The number of nitrogens with one attached hydrogen (secondary N) is 1. The molecular weight excluding hydrogens is 266 g/mol. The van der Waals surface area contributed by atoms with Gasteiger partial charge in [0.25, 0.3) is 0 Å². The topological polar surface area (TPSA) is 32.3 Å². The average molecular weight is 295 g/mol. The van der Waals surface area contributed by atoms with Gasteiger partial charge >= 0.3 is 0 Å². The second-order valence-electron chi connectivity index (χ2n) is 5.93. The number of hydrogen-bond donors (Lipinski definition) is 2. The van der Waals surface area contributed by atoms with Gasteiger partial charge in [-0.1, -0.05) is 32.9 Å².